The van der Waals surface area contributed by atoms with Crippen molar-refractivity contribution < 1.29 is 14.3 Å². The second-order valence-electron chi connectivity index (χ2n) is 8.72. The van der Waals surface area contributed by atoms with Crippen LogP contribution >= 0.6 is 0 Å². The van der Waals surface area contributed by atoms with E-state index in [-0.39, 0.29) is 29.9 Å². The number of rotatable bonds is 7. The van der Waals surface area contributed by atoms with E-state index >= 15 is 0 Å². The van der Waals surface area contributed by atoms with Crippen molar-refractivity contribution in [3.8, 4) is 11.5 Å². The van der Waals surface area contributed by atoms with Gasteiger partial charge >= 0.3 is 0 Å². The summed E-state index contributed by atoms with van der Waals surface area (Å²) in [6.07, 6.45) is 5.24. The Morgan fingerprint density at radius 1 is 1.06 bits per heavy atom. The summed E-state index contributed by atoms with van der Waals surface area (Å²) < 4.78 is 6.02. The summed E-state index contributed by atoms with van der Waals surface area (Å²) >= 11 is 0. The molecule has 2 aliphatic heterocycles. The van der Waals surface area contributed by atoms with Crippen molar-refractivity contribution in [2.75, 3.05) is 7.05 Å². The van der Waals surface area contributed by atoms with Crippen molar-refractivity contribution in [1.82, 2.24) is 15.5 Å². The van der Waals surface area contributed by atoms with Crippen molar-refractivity contribution in [3.63, 3.8) is 0 Å². The number of hydrogen-bond donors (Lipinski definition) is 2. The Morgan fingerprint density at radius 2 is 1.84 bits per heavy atom. The highest BCUT2D eigenvalue weighted by molar-refractivity contribution is 5.90. The van der Waals surface area contributed by atoms with Gasteiger partial charge in [0.25, 0.3) is 0 Å². The molecule has 2 aromatic rings. The normalized spacial score (nSPS) is 23.9. The van der Waals surface area contributed by atoms with Crippen LogP contribution in [0.5, 0.6) is 11.5 Å². The zero-order chi connectivity index (χ0) is 22.5. The van der Waals surface area contributed by atoms with Crippen LogP contribution in [0, 0.1) is 0 Å². The van der Waals surface area contributed by atoms with Crippen LogP contribution in [0.1, 0.15) is 57.1 Å². The highest BCUT2D eigenvalue weighted by atomic mass is 16.5. The minimum Gasteiger partial charge on any atom is -0.457 e. The number of ether oxygens (including phenoxy) is 1. The van der Waals surface area contributed by atoms with Gasteiger partial charge in [0.05, 0.1) is 12.1 Å². The number of para-hydroxylation sites is 1. The van der Waals surface area contributed by atoms with E-state index in [9.17, 15) is 9.59 Å². The third-order valence-electron chi connectivity index (χ3n) is 6.70. The molecule has 6 heteroatoms. The van der Waals surface area contributed by atoms with Gasteiger partial charge < -0.3 is 20.3 Å². The Kier molecular flexibility index (Phi) is 7.10. The molecule has 0 aromatic heterocycles. The van der Waals surface area contributed by atoms with E-state index in [0.29, 0.717) is 12.8 Å². The zero-order valence-electron chi connectivity index (χ0n) is 18.9. The molecule has 6 nitrogen and oxygen atoms in total. The summed E-state index contributed by atoms with van der Waals surface area (Å²) in [4.78, 5) is 28.3. The van der Waals surface area contributed by atoms with Gasteiger partial charge in [0.15, 0.2) is 0 Å². The van der Waals surface area contributed by atoms with Gasteiger partial charge in [-0.25, -0.2) is 0 Å². The molecule has 2 saturated heterocycles. The summed E-state index contributed by atoms with van der Waals surface area (Å²) in [6.45, 7) is 1.96. The first-order valence-corrected chi connectivity index (χ1v) is 11.7. The average Bonchev–Trinajstić information content (AvgIpc) is 3.17. The lowest BCUT2D eigenvalue weighted by Gasteiger charge is -2.32. The van der Waals surface area contributed by atoms with Gasteiger partial charge in [0.1, 0.15) is 17.5 Å². The molecule has 4 rings (SSSR count). The van der Waals surface area contributed by atoms with Gasteiger partial charge in [0.2, 0.25) is 11.8 Å². The molecule has 2 N–H and O–H groups in total. The molecule has 2 amide bonds. The third kappa shape index (κ3) is 4.80. The monoisotopic (exact) mass is 435 g/mol. The van der Waals surface area contributed by atoms with E-state index in [1.165, 1.54) is 0 Å². The molecule has 2 fully saturated rings. The summed E-state index contributed by atoms with van der Waals surface area (Å²) in [5.74, 6) is 1.51. The van der Waals surface area contributed by atoms with Crippen molar-refractivity contribution in [2.24, 2.45) is 0 Å². The zero-order valence-corrected chi connectivity index (χ0v) is 18.9. The van der Waals surface area contributed by atoms with Gasteiger partial charge in [-0.1, -0.05) is 37.3 Å². The molecule has 0 spiro atoms. The second-order valence-corrected chi connectivity index (χ2v) is 8.72. The smallest absolute Gasteiger partial charge is 0.245 e. The topological polar surface area (TPSA) is 70.7 Å². The number of amides is 2. The Hall–Kier alpha value is -2.86. The number of nitrogens with zero attached hydrogens (tertiary/aromatic N) is 1. The standard InChI is InChI=1S/C26H33N3O3/c1-3-22(27-2)25(30)28-23-14-8-10-19-15-16-24(29(19)26(23)31)18-9-7-13-21(17-18)32-20-11-5-4-6-12-20/h4-7,9,11-13,17,19,22-24,27H,3,8,10,14-16H2,1-2H3,(H,28,30)/t19-,22?,23-,24-/m0/s1. The minimum atomic E-state index is -0.459. The first-order chi connectivity index (χ1) is 15.6. The number of carbonyl (C=O) groups is 2. The van der Waals surface area contributed by atoms with Crippen molar-refractivity contribution in [2.45, 2.75) is 69.6 Å². The van der Waals surface area contributed by atoms with Crippen molar-refractivity contribution in [3.05, 3.63) is 60.2 Å². The summed E-state index contributed by atoms with van der Waals surface area (Å²) in [5.41, 5.74) is 1.09. The molecule has 0 bridgehead atoms. The third-order valence-corrected chi connectivity index (χ3v) is 6.70. The number of benzene rings is 2. The predicted molar refractivity (Wildman–Crippen MR) is 124 cm³/mol. The molecule has 32 heavy (non-hydrogen) atoms. The maximum Gasteiger partial charge on any atom is 0.245 e. The van der Waals surface area contributed by atoms with Crippen LogP contribution in [0.3, 0.4) is 0 Å². The molecule has 1 unspecified atom stereocenters. The number of nitrogens with one attached hydrogen (secondary N) is 2. The highest BCUT2D eigenvalue weighted by Crippen LogP contribution is 2.41. The van der Waals surface area contributed by atoms with Gasteiger partial charge in [-0.05, 0) is 75.4 Å². The van der Waals surface area contributed by atoms with Crippen LogP contribution in [-0.2, 0) is 9.59 Å². The SMILES string of the molecule is CCC(NC)C(=O)N[C@H]1CCC[C@H]2CC[C@@H](c3cccc(Oc4ccccc4)c3)N2C1=O. The fourth-order valence-corrected chi connectivity index (χ4v) is 5.02. The van der Waals surface area contributed by atoms with Gasteiger partial charge in [-0.3, -0.25) is 9.59 Å². The molecule has 0 saturated carbocycles. The largest absolute Gasteiger partial charge is 0.457 e. The van der Waals surface area contributed by atoms with Crippen LogP contribution in [-0.4, -0.2) is 41.9 Å². The molecule has 4 atom stereocenters. The van der Waals surface area contributed by atoms with Gasteiger partial charge in [-0.2, -0.15) is 0 Å². The fraction of sp³-hybridized carbons (Fsp3) is 0.462. The second kappa shape index (κ2) is 10.2. The lowest BCUT2D eigenvalue weighted by Crippen LogP contribution is -2.53. The Balaban J connectivity index is 1.53. The number of hydrogen-bond acceptors (Lipinski definition) is 4. The van der Waals surface area contributed by atoms with Gasteiger partial charge in [0, 0.05) is 6.04 Å². The Morgan fingerprint density at radius 3 is 2.59 bits per heavy atom. The summed E-state index contributed by atoms with van der Waals surface area (Å²) in [6, 6.07) is 17.3. The fourth-order valence-electron chi connectivity index (χ4n) is 5.02. The van der Waals surface area contributed by atoms with Crippen LogP contribution in [0.15, 0.2) is 54.6 Å². The highest BCUT2D eigenvalue weighted by Gasteiger charge is 2.42. The maximum absolute atomic E-state index is 13.6. The Labute approximate surface area is 190 Å². The van der Waals surface area contributed by atoms with Crippen LogP contribution in [0.4, 0.5) is 0 Å². The van der Waals surface area contributed by atoms with E-state index < -0.39 is 6.04 Å². The number of likely N-dealkylation sites (N-methyl/N-ethyl adjacent to an activating group) is 1. The predicted octanol–water partition coefficient (Wildman–Crippen LogP) is 4.18. The first kappa shape index (κ1) is 22.3. The molecule has 2 aliphatic rings. The summed E-state index contributed by atoms with van der Waals surface area (Å²) in [5, 5.41) is 6.05. The van der Waals surface area contributed by atoms with E-state index in [2.05, 4.69) is 16.7 Å². The molecular weight excluding hydrogens is 402 g/mol. The van der Waals surface area contributed by atoms with E-state index in [0.717, 1.165) is 42.7 Å². The quantitative estimate of drug-likeness (QED) is 0.685. The molecule has 2 aromatic carbocycles. The first-order valence-electron chi connectivity index (χ1n) is 11.7. The molecule has 2 heterocycles. The van der Waals surface area contributed by atoms with E-state index in [1.807, 2.05) is 60.4 Å². The van der Waals surface area contributed by atoms with Crippen LogP contribution in [0.2, 0.25) is 0 Å². The lowest BCUT2D eigenvalue weighted by molar-refractivity contribution is -0.138. The maximum atomic E-state index is 13.6. The molecule has 0 radical (unpaired) electrons. The van der Waals surface area contributed by atoms with Crippen molar-refractivity contribution in [1.29, 1.82) is 0 Å². The van der Waals surface area contributed by atoms with Gasteiger partial charge in [-0.15, -0.1) is 0 Å². The van der Waals surface area contributed by atoms with E-state index in [4.69, 9.17) is 4.74 Å². The molecule has 170 valence electrons. The average molecular weight is 436 g/mol. The number of carbonyl (C=O) groups excluding carboxylic acids is 2. The number of fused-ring (bicyclic) bond motifs is 1. The molecule has 0 aliphatic carbocycles. The van der Waals surface area contributed by atoms with E-state index in [1.54, 1.807) is 7.05 Å². The van der Waals surface area contributed by atoms with Crippen LogP contribution in [0.25, 0.3) is 0 Å². The summed E-state index contributed by atoms with van der Waals surface area (Å²) in [7, 11) is 1.78. The lowest BCUT2D eigenvalue weighted by atomic mass is 10.0. The van der Waals surface area contributed by atoms with Crippen molar-refractivity contribution >= 4 is 11.8 Å². The Bertz CT molecular complexity index is 929. The molecular formula is C26H33N3O3. The van der Waals surface area contributed by atoms with Crippen LogP contribution < -0.4 is 15.4 Å². The minimum absolute atomic E-state index is 0.00981.